The number of rotatable bonds is 6. The van der Waals surface area contributed by atoms with Crippen molar-refractivity contribution >= 4 is 19.0 Å². The van der Waals surface area contributed by atoms with E-state index in [2.05, 4.69) is 66.8 Å². The molecule has 2 nitrogen and oxygen atoms in total. The predicted molar refractivity (Wildman–Crippen MR) is 101 cm³/mol. The fourth-order valence-corrected chi connectivity index (χ4v) is 3.68. The van der Waals surface area contributed by atoms with Gasteiger partial charge in [0.25, 0.3) is 0 Å². The number of aldehydes is 1. The van der Waals surface area contributed by atoms with Crippen LogP contribution in [0.2, 0.25) is 6.82 Å². The molecule has 0 bridgehead atoms. The monoisotopic (exact) mass is 318 g/mol. The van der Waals surface area contributed by atoms with Gasteiger partial charge in [0.2, 0.25) is 0 Å². The van der Waals surface area contributed by atoms with Crippen LogP contribution in [0.1, 0.15) is 29.9 Å². The Morgan fingerprint density at radius 3 is 2.33 bits per heavy atom. The van der Waals surface area contributed by atoms with E-state index in [1.807, 2.05) is 6.82 Å². The second-order valence-corrected chi connectivity index (χ2v) is 6.72. The van der Waals surface area contributed by atoms with Crippen LogP contribution in [0.4, 0.5) is 0 Å². The second-order valence-electron chi connectivity index (χ2n) is 6.72. The molecule has 0 spiro atoms. The Morgan fingerprint density at radius 1 is 1.08 bits per heavy atom. The maximum atomic E-state index is 11.7. The van der Waals surface area contributed by atoms with Crippen molar-refractivity contribution in [1.82, 2.24) is 4.90 Å². The van der Waals surface area contributed by atoms with Crippen LogP contribution < -0.4 is 5.46 Å². The summed E-state index contributed by atoms with van der Waals surface area (Å²) in [6.07, 6.45) is 3.35. The van der Waals surface area contributed by atoms with Crippen LogP contribution in [0.25, 0.3) is 0 Å². The van der Waals surface area contributed by atoms with E-state index < -0.39 is 0 Å². The first-order chi connectivity index (χ1) is 11.8. The summed E-state index contributed by atoms with van der Waals surface area (Å²) in [5, 5.41) is 0. The first-order valence-corrected chi connectivity index (χ1v) is 8.91. The molecule has 1 unspecified atom stereocenters. The molecule has 2 aromatic carbocycles. The third-order valence-electron chi connectivity index (χ3n) is 5.19. The van der Waals surface area contributed by atoms with Gasteiger partial charge in [0.05, 0.1) is 0 Å². The minimum Gasteiger partial charge on any atom is -0.303 e. The molecule has 1 atom stereocenters. The van der Waals surface area contributed by atoms with Crippen molar-refractivity contribution in [3.05, 3.63) is 65.7 Å². The molecule has 3 rings (SSSR count). The number of benzene rings is 2. The van der Waals surface area contributed by atoms with Crippen molar-refractivity contribution in [3.63, 3.8) is 0 Å². The van der Waals surface area contributed by atoms with E-state index in [1.54, 1.807) is 0 Å². The summed E-state index contributed by atoms with van der Waals surface area (Å²) >= 11 is 0. The van der Waals surface area contributed by atoms with Gasteiger partial charge in [-0.25, -0.2) is 0 Å². The normalized spacial score (nSPS) is 17.4. The molecular formula is C21H25BNO. The Balaban J connectivity index is 1.58. The van der Waals surface area contributed by atoms with Gasteiger partial charge in [-0.2, -0.15) is 0 Å². The van der Waals surface area contributed by atoms with Crippen LogP contribution >= 0.6 is 0 Å². The van der Waals surface area contributed by atoms with Crippen LogP contribution in [-0.2, 0) is 11.3 Å². The molecule has 1 fully saturated rings. The highest BCUT2D eigenvalue weighted by Crippen LogP contribution is 2.31. The number of hydrogen-bond acceptors (Lipinski definition) is 2. The highest BCUT2D eigenvalue weighted by atomic mass is 16.1. The van der Waals surface area contributed by atoms with E-state index >= 15 is 0 Å². The number of piperidine rings is 1. The Hall–Kier alpha value is -1.87. The lowest BCUT2D eigenvalue weighted by Crippen LogP contribution is -2.35. The quantitative estimate of drug-likeness (QED) is 0.602. The van der Waals surface area contributed by atoms with E-state index in [1.165, 1.54) is 11.0 Å². The van der Waals surface area contributed by atoms with Crippen LogP contribution in [0, 0.1) is 5.92 Å². The van der Waals surface area contributed by atoms with E-state index in [0.29, 0.717) is 5.92 Å². The minimum absolute atomic E-state index is 0.0368. The Morgan fingerprint density at radius 2 is 1.75 bits per heavy atom. The van der Waals surface area contributed by atoms with Crippen molar-refractivity contribution in [2.45, 2.75) is 32.1 Å². The first-order valence-electron chi connectivity index (χ1n) is 8.91. The molecule has 0 aliphatic carbocycles. The zero-order valence-corrected chi connectivity index (χ0v) is 14.4. The van der Waals surface area contributed by atoms with Gasteiger partial charge in [-0.15, -0.1) is 0 Å². The van der Waals surface area contributed by atoms with Crippen LogP contribution in [0.3, 0.4) is 0 Å². The Bertz CT molecular complexity index is 633. The van der Waals surface area contributed by atoms with E-state index in [-0.39, 0.29) is 5.92 Å². The molecule has 123 valence electrons. The van der Waals surface area contributed by atoms with Gasteiger partial charge < -0.3 is 4.79 Å². The van der Waals surface area contributed by atoms with Crippen molar-refractivity contribution in [1.29, 1.82) is 0 Å². The third-order valence-corrected chi connectivity index (χ3v) is 5.19. The van der Waals surface area contributed by atoms with Crippen molar-refractivity contribution in [3.8, 4) is 0 Å². The number of nitrogens with zero attached hydrogens (tertiary/aromatic N) is 1. The molecule has 0 saturated carbocycles. The van der Waals surface area contributed by atoms with E-state index in [4.69, 9.17) is 0 Å². The van der Waals surface area contributed by atoms with Crippen LogP contribution in [0.5, 0.6) is 0 Å². The fourth-order valence-electron chi connectivity index (χ4n) is 3.68. The van der Waals surface area contributed by atoms with Gasteiger partial charge in [-0.1, -0.05) is 66.9 Å². The summed E-state index contributed by atoms with van der Waals surface area (Å²) in [4.78, 5) is 14.2. The molecule has 1 saturated heterocycles. The molecule has 24 heavy (non-hydrogen) atoms. The minimum atomic E-state index is 0.0368. The molecule has 0 aromatic heterocycles. The largest absolute Gasteiger partial charge is 0.303 e. The summed E-state index contributed by atoms with van der Waals surface area (Å²) in [6.45, 7) is 5.20. The van der Waals surface area contributed by atoms with Gasteiger partial charge in [-0.3, -0.25) is 4.90 Å². The van der Waals surface area contributed by atoms with Gasteiger partial charge in [0, 0.05) is 12.5 Å². The van der Waals surface area contributed by atoms with Crippen LogP contribution in [0.15, 0.2) is 54.6 Å². The Kier molecular flexibility index (Phi) is 5.87. The number of hydrogen-bond donors (Lipinski definition) is 0. The summed E-state index contributed by atoms with van der Waals surface area (Å²) in [7, 11) is 2.09. The molecule has 0 amide bonds. The summed E-state index contributed by atoms with van der Waals surface area (Å²) in [6, 6.07) is 19.1. The topological polar surface area (TPSA) is 20.3 Å². The predicted octanol–water partition coefficient (Wildman–Crippen LogP) is 3.26. The number of likely N-dealkylation sites (tertiary alicyclic amines) is 1. The first kappa shape index (κ1) is 17.0. The highest BCUT2D eigenvalue weighted by Gasteiger charge is 2.27. The van der Waals surface area contributed by atoms with E-state index in [9.17, 15) is 4.79 Å². The van der Waals surface area contributed by atoms with E-state index in [0.717, 1.165) is 44.3 Å². The van der Waals surface area contributed by atoms with Gasteiger partial charge in [0.15, 0.2) is 0 Å². The zero-order chi connectivity index (χ0) is 16.8. The fraction of sp³-hybridized carbons (Fsp3) is 0.381. The van der Waals surface area contributed by atoms with Crippen LogP contribution in [-0.4, -0.2) is 31.6 Å². The molecule has 1 heterocycles. The van der Waals surface area contributed by atoms with Gasteiger partial charge in [0.1, 0.15) is 13.6 Å². The maximum absolute atomic E-state index is 11.7. The lowest BCUT2D eigenvalue weighted by atomic mass is 9.72. The van der Waals surface area contributed by atoms with Crippen molar-refractivity contribution < 1.29 is 4.79 Å². The molecule has 0 N–H and O–H groups in total. The molecule has 2 aromatic rings. The van der Waals surface area contributed by atoms with Crippen molar-refractivity contribution in [2.75, 3.05) is 13.1 Å². The molecule has 1 aliphatic heterocycles. The maximum Gasteiger partial charge on any atom is 0.148 e. The third kappa shape index (κ3) is 4.15. The van der Waals surface area contributed by atoms with Gasteiger partial charge >= 0.3 is 0 Å². The SMILES string of the molecule is C[B]c1ccc(C(C=O)C2CCN(Cc3ccccc3)CC2)cc1. The standard InChI is InChI=1S/C21H25BNO/c1-22-20-9-7-18(8-10-20)21(16-24)19-11-13-23(14-12-19)15-17-5-3-2-4-6-17/h2-10,16,19,21H,11-15H2,1H3. The highest BCUT2D eigenvalue weighted by molar-refractivity contribution is 6.51. The molecular weight excluding hydrogens is 293 g/mol. The molecule has 1 aliphatic rings. The lowest BCUT2D eigenvalue weighted by molar-refractivity contribution is -0.110. The number of carbonyl (C=O) groups is 1. The average molecular weight is 318 g/mol. The van der Waals surface area contributed by atoms with Gasteiger partial charge in [-0.05, 0) is 43.0 Å². The Labute approximate surface area is 146 Å². The molecule has 1 radical (unpaired) electrons. The zero-order valence-electron chi connectivity index (χ0n) is 14.4. The summed E-state index contributed by atoms with van der Waals surface area (Å²) in [5.74, 6) is 0.501. The second kappa shape index (κ2) is 8.30. The average Bonchev–Trinajstić information content (AvgIpc) is 2.65. The van der Waals surface area contributed by atoms with Crippen molar-refractivity contribution in [2.24, 2.45) is 5.92 Å². The summed E-state index contributed by atoms with van der Waals surface area (Å²) < 4.78 is 0. The molecule has 3 heteroatoms. The number of carbonyl (C=O) groups excluding carboxylic acids is 1. The smallest absolute Gasteiger partial charge is 0.148 e. The summed E-state index contributed by atoms with van der Waals surface area (Å²) in [5.41, 5.74) is 3.74. The lowest BCUT2D eigenvalue weighted by Gasteiger charge is -2.34.